The van der Waals surface area contributed by atoms with Gasteiger partial charge >= 0.3 is 0 Å². The average molecular weight is 258 g/mol. The number of rotatable bonds is 5. The fourth-order valence-corrected chi connectivity index (χ4v) is 3.53. The average Bonchev–Trinajstić information content (AvgIpc) is 2.42. The molecule has 1 aliphatic heterocycles. The van der Waals surface area contributed by atoms with E-state index in [0.29, 0.717) is 0 Å². The summed E-state index contributed by atoms with van der Waals surface area (Å²) >= 11 is 0. The Labute approximate surface area is 117 Å². The lowest BCUT2D eigenvalue weighted by Gasteiger charge is -2.35. The zero-order valence-corrected chi connectivity index (χ0v) is 12.1. The summed E-state index contributed by atoms with van der Waals surface area (Å²) in [4.78, 5) is 2.61. The molecule has 2 aliphatic rings. The lowest BCUT2D eigenvalue weighted by molar-refractivity contribution is 0.196. The smallest absolute Gasteiger partial charge is 0.00916 e. The number of nitrogens with zero attached hydrogens (tertiary/aromatic N) is 1. The highest BCUT2D eigenvalue weighted by molar-refractivity contribution is 5.40. The number of piperidine rings is 1. The van der Waals surface area contributed by atoms with Crippen LogP contribution >= 0.6 is 0 Å². The van der Waals surface area contributed by atoms with Crippen LogP contribution in [0.25, 0.3) is 0 Å². The summed E-state index contributed by atoms with van der Waals surface area (Å²) in [5.41, 5.74) is 3.14. The third-order valence-electron chi connectivity index (χ3n) is 4.74. The number of benzene rings is 1. The maximum atomic E-state index is 3.80. The van der Waals surface area contributed by atoms with Gasteiger partial charge in [-0.25, -0.2) is 0 Å². The van der Waals surface area contributed by atoms with E-state index in [1.54, 1.807) is 11.1 Å². The molecule has 0 radical (unpaired) electrons. The van der Waals surface area contributed by atoms with Crippen molar-refractivity contribution in [2.24, 2.45) is 0 Å². The van der Waals surface area contributed by atoms with Crippen molar-refractivity contribution in [1.82, 2.24) is 10.2 Å². The van der Waals surface area contributed by atoms with Gasteiger partial charge in [-0.15, -0.1) is 0 Å². The molecular formula is C17H26N2. The molecule has 1 N–H and O–H groups in total. The molecule has 1 aromatic rings. The van der Waals surface area contributed by atoms with Crippen LogP contribution in [0.1, 0.15) is 43.2 Å². The molecule has 0 amide bonds. The maximum absolute atomic E-state index is 3.80. The number of fused-ring (bicyclic) bond motifs is 1. The van der Waals surface area contributed by atoms with Crippen LogP contribution in [0, 0.1) is 0 Å². The first-order valence-electron chi connectivity index (χ1n) is 7.90. The molecule has 1 unspecified atom stereocenters. The molecule has 19 heavy (non-hydrogen) atoms. The minimum absolute atomic E-state index is 0.751. The van der Waals surface area contributed by atoms with Crippen molar-refractivity contribution in [1.29, 1.82) is 0 Å². The van der Waals surface area contributed by atoms with Crippen LogP contribution in [0.2, 0.25) is 0 Å². The Kier molecular flexibility index (Phi) is 4.19. The van der Waals surface area contributed by atoms with Gasteiger partial charge in [0.25, 0.3) is 0 Å². The van der Waals surface area contributed by atoms with Gasteiger partial charge in [0.1, 0.15) is 0 Å². The normalized spacial score (nSPS) is 23.9. The molecule has 2 nitrogen and oxygen atoms in total. The molecule has 0 saturated carbocycles. The van der Waals surface area contributed by atoms with Gasteiger partial charge in [0.05, 0.1) is 0 Å². The summed E-state index contributed by atoms with van der Waals surface area (Å²) < 4.78 is 0. The fraction of sp³-hybridized carbons (Fsp3) is 0.647. The van der Waals surface area contributed by atoms with Crippen molar-refractivity contribution in [2.45, 2.75) is 44.6 Å². The van der Waals surface area contributed by atoms with Crippen molar-refractivity contribution in [3.63, 3.8) is 0 Å². The Morgan fingerprint density at radius 2 is 2.00 bits per heavy atom. The third kappa shape index (κ3) is 3.01. The molecule has 0 spiro atoms. The zero-order valence-electron chi connectivity index (χ0n) is 12.1. The first-order chi connectivity index (χ1) is 9.36. The summed E-state index contributed by atoms with van der Waals surface area (Å²) in [6.45, 7) is 7.30. The van der Waals surface area contributed by atoms with E-state index < -0.39 is 0 Å². The number of hydrogen-bond acceptors (Lipinski definition) is 2. The highest BCUT2D eigenvalue weighted by atomic mass is 15.1. The lowest BCUT2D eigenvalue weighted by atomic mass is 9.77. The second kappa shape index (κ2) is 6.06. The number of likely N-dealkylation sites (tertiary alicyclic amines) is 1. The van der Waals surface area contributed by atoms with E-state index in [1.807, 2.05) is 0 Å². The van der Waals surface area contributed by atoms with Crippen molar-refractivity contribution in [2.75, 3.05) is 26.2 Å². The van der Waals surface area contributed by atoms with E-state index in [2.05, 4.69) is 41.4 Å². The largest absolute Gasteiger partial charge is 0.313 e. The molecule has 0 aromatic heterocycles. The standard InChI is InChI=1S/C17H26N2/c1-2-9-19-10-7-16(8-11-19)18-13-15-12-14-5-3-4-6-17(14)15/h3-6,15-16,18H,2,7-13H2,1H3. The maximum Gasteiger partial charge on any atom is 0.00916 e. The quantitative estimate of drug-likeness (QED) is 0.873. The van der Waals surface area contributed by atoms with Gasteiger partial charge in [-0.3, -0.25) is 0 Å². The van der Waals surface area contributed by atoms with Crippen molar-refractivity contribution >= 4 is 0 Å². The molecular weight excluding hydrogens is 232 g/mol. The molecule has 1 fully saturated rings. The Balaban J connectivity index is 1.40. The molecule has 1 atom stereocenters. The molecule has 2 heteroatoms. The summed E-state index contributed by atoms with van der Waals surface area (Å²) in [5.74, 6) is 0.768. The van der Waals surface area contributed by atoms with E-state index in [0.717, 1.165) is 12.0 Å². The van der Waals surface area contributed by atoms with Gasteiger partial charge in [0, 0.05) is 18.5 Å². The number of nitrogens with one attached hydrogen (secondary N) is 1. The molecule has 1 heterocycles. The second-order valence-corrected chi connectivity index (χ2v) is 6.12. The highest BCUT2D eigenvalue weighted by Crippen LogP contribution is 2.34. The van der Waals surface area contributed by atoms with Crippen molar-refractivity contribution in [3.05, 3.63) is 35.4 Å². The van der Waals surface area contributed by atoms with Crippen LogP contribution in [0.4, 0.5) is 0 Å². The minimum atomic E-state index is 0.751. The molecule has 0 bridgehead atoms. The van der Waals surface area contributed by atoms with Crippen LogP contribution in [-0.2, 0) is 6.42 Å². The summed E-state index contributed by atoms with van der Waals surface area (Å²) in [6.07, 6.45) is 5.22. The Hall–Kier alpha value is -0.860. The van der Waals surface area contributed by atoms with E-state index >= 15 is 0 Å². The van der Waals surface area contributed by atoms with Crippen LogP contribution in [0.5, 0.6) is 0 Å². The SMILES string of the molecule is CCCN1CCC(NCC2Cc3ccccc32)CC1. The van der Waals surface area contributed by atoms with Crippen molar-refractivity contribution in [3.8, 4) is 0 Å². The van der Waals surface area contributed by atoms with Crippen molar-refractivity contribution < 1.29 is 0 Å². The second-order valence-electron chi connectivity index (χ2n) is 6.12. The highest BCUT2D eigenvalue weighted by Gasteiger charge is 2.26. The molecule has 3 rings (SSSR count). The van der Waals surface area contributed by atoms with Gasteiger partial charge in [-0.1, -0.05) is 31.2 Å². The molecule has 1 aromatic carbocycles. The Morgan fingerprint density at radius 1 is 1.21 bits per heavy atom. The third-order valence-corrected chi connectivity index (χ3v) is 4.74. The minimum Gasteiger partial charge on any atom is -0.313 e. The summed E-state index contributed by atoms with van der Waals surface area (Å²) in [5, 5.41) is 3.80. The van der Waals surface area contributed by atoms with Gasteiger partial charge in [0.2, 0.25) is 0 Å². The van der Waals surface area contributed by atoms with Crippen LogP contribution in [0.15, 0.2) is 24.3 Å². The van der Waals surface area contributed by atoms with Gasteiger partial charge < -0.3 is 10.2 Å². The summed E-state index contributed by atoms with van der Waals surface area (Å²) in [6, 6.07) is 9.66. The monoisotopic (exact) mass is 258 g/mol. The zero-order chi connectivity index (χ0) is 13.1. The predicted octanol–water partition coefficient (Wildman–Crippen LogP) is 2.79. The first-order valence-corrected chi connectivity index (χ1v) is 7.90. The van der Waals surface area contributed by atoms with Crippen LogP contribution < -0.4 is 5.32 Å². The van der Waals surface area contributed by atoms with E-state index in [4.69, 9.17) is 0 Å². The Morgan fingerprint density at radius 3 is 2.74 bits per heavy atom. The fourth-order valence-electron chi connectivity index (χ4n) is 3.53. The lowest BCUT2D eigenvalue weighted by Crippen LogP contribution is -2.44. The number of hydrogen-bond donors (Lipinski definition) is 1. The van der Waals surface area contributed by atoms with E-state index in [9.17, 15) is 0 Å². The Bertz CT molecular complexity index is 407. The molecule has 104 valence electrons. The van der Waals surface area contributed by atoms with Gasteiger partial charge in [0.15, 0.2) is 0 Å². The van der Waals surface area contributed by atoms with Crippen LogP contribution in [-0.4, -0.2) is 37.1 Å². The molecule has 1 saturated heterocycles. The first kappa shape index (κ1) is 13.1. The van der Waals surface area contributed by atoms with Crippen LogP contribution in [0.3, 0.4) is 0 Å². The van der Waals surface area contributed by atoms with Gasteiger partial charge in [-0.2, -0.15) is 0 Å². The van der Waals surface area contributed by atoms with Gasteiger partial charge in [-0.05, 0) is 56.4 Å². The van der Waals surface area contributed by atoms with E-state index in [-0.39, 0.29) is 0 Å². The topological polar surface area (TPSA) is 15.3 Å². The van der Waals surface area contributed by atoms with E-state index in [1.165, 1.54) is 51.9 Å². The summed E-state index contributed by atoms with van der Waals surface area (Å²) in [7, 11) is 0. The molecule has 1 aliphatic carbocycles. The predicted molar refractivity (Wildman–Crippen MR) is 80.6 cm³/mol.